The Labute approximate surface area is 106 Å². The molecule has 0 fully saturated rings. The lowest BCUT2D eigenvalue weighted by atomic mass is 10.1. The maximum Gasteiger partial charge on any atom is 0.128 e. The van der Waals surface area contributed by atoms with E-state index in [0.717, 1.165) is 27.8 Å². The number of hydrogen-bond acceptors (Lipinski definition) is 4. The molecule has 1 aromatic carbocycles. The quantitative estimate of drug-likeness (QED) is 0.820. The molecule has 0 amide bonds. The van der Waals surface area contributed by atoms with E-state index in [2.05, 4.69) is 12.0 Å². The van der Waals surface area contributed by atoms with Gasteiger partial charge in [-0.25, -0.2) is 0 Å². The lowest BCUT2D eigenvalue weighted by Gasteiger charge is -2.19. The van der Waals surface area contributed by atoms with Crippen LogP contribution in [0.1, 0.15) is 5.56 Å². The Morgan fingerprint density at radius 2 is 2.00 bits per heavy atom. The zero-order valence-electron chi connectivity index (χ0n) is 10.2. The van der Waals surface area contributed by atoms with Gasteiger partial charge in [0, 0.05) is 18.0 Å². The molecule has 0 aliphatic carbocycles. The van der Waals surface area contributed by atoms with Crippen LogP contribution in [0.15, 0.2) is 35.2 Å². The summed E-state index contributed by atoms with van der Waals surface area (Å²) in [7, 11) is 5.32. The number of methoxy groups -OCH3 is 2. The number of ether oxygens (including phenoxy) is 2. The second kappa shape index (κ2) is 4.75. The van der Waals surface area contributed by atoms with Crippen molar-refractivity contribution in [3.8, 4) is 11.5 Å². The van der Waals surface area contributed by atoms with Crippen molar-refractivity contribution in [2.45, 2.75) is 0 Å². The third-order valence-corrected chi connectivity index (χ3v) is 3.61. The van der Waals surface area contributed by atoms with Crippen molar-refractivity contribution in [1.29, 1.82) is 0 Å². The number of rotatable bonds is 3. The van der Waals surface area contributed by atoms with E-state index in [0.29, 0.717) is 0 Å². The molecule has 0 N–H and O–H groups in total. The molecule has 0 atom stereocenters. The average Bonchev–Trinajstić information content (AvgIpc) is 2.69. The summed E-state index contributed by atoms with van der Waals surface area (Å²) in [4.78, 5) is 2.04. The fourth-order valence-electron chi connectivity index (χ4n) is 1.67. The van der Waals surface area contributed by atoms with Gasteiger partial charge in [-0.15, -0.1) is 0 Å². The number of thioether (sulfide) groups is 1. The van der Waals surface area contributed by atoms with E-state index >= 15 is 0 Å². The van der Waals surface area contributed by atoms with Gasteiger partial charge in [0.1, 0.15) is 11.5 Å². The molecule has 1 aliphatic heterocycles. The first-order chi connectivity index (χ1) is 8.17. The molecular formula is C13H15NO2S. The van der Waals surface area contributed by atoms with Crippen LogP contribution in [0.2, 0.25) is 0 Å². The molecule has 1 heterocycles. The van der Waals surface area contributed by atoms with Crippen molar-refractivity contribution >= 4 is 17.5 Å². The van der Waals surface area contributed by atoms with E-state index in [4.69, 9.17) is 9.47 Å². The molecule has 90 valence electrons. The minimum atomic E-state index is 0.817. The predicted molar refractivity (Wildman–Crippen MR) is 72.0 cm³/mol. The molecule has 0 aromatic heterocycles. The van der Waals surface area contributed by atoms with Crippen molar-refractivity contribution in [3.63, 3.8) is 0 Å². The van der Waals surface area contributed by atoms with Crippen LogP contribution in [0.3, 0.4) is 0 Å². The van der Waals surface area contributed by atoms with Gasteiger partial charge in [-0.2, -0.15) is 0 Å². The van der Waals surface area contributed by atoms with Crippen molar-refractivity contribution in [2.75, 3.05) is 21.3 Å². The van der Waals surface area contributed by atoms with Crippen LogP contribution in [-0.4, -0.2) is 26.2 Å². The zero-order valence-corrected chi connectivity index (χ0v) is 11.0. The van der Waals surface area contributed by atoms with Gasteiger partial charge in [0.15, 0.2) is 0 Å². The summed E-state index contributed by atoms with van der Waals surface area (Å²) in [6, 6.07) is 5.77. The molecule has 0 unspecified atom stereocenters. The first kappa shape index (κ1) is 11.9. The Bertz CT molecular complexity index is 482. The van der Waals surface area contributed by atoms with Gasteiger partial charge in [-0.3, -0.25) is 0 Å². The molecule has 0 spiro atoms. The lowest BCUT2D eigenvalue weighted by Crippen LogP contribution is -2.10. The third-order valence-electron chi connectivity index (χ3n) is 2.72. The standard InChI is InChI=1S/C13H15NO2S/c1-9-14(2)12(8-17-9)11-7-10(15-3)5-6-13(11)16-4/h5-8H,1H2,2-4H3. The van der Waals surface area contributed by atoms with Gasteiger partial charge in [0.2, 0.25) is 0 Å². The van der Waals surface area contributed by atoms with E-state index in [-0.39, 0.29) is 0 Å². The molecule has 0 saturated heterocycles. The van der Waals surface area contributed by atoms with E-state index in [1.165, 1.54) is 0 Å². The molecule has 4 heteroatoms. The lowest BCUT2D eigenvalue weighted by molar-refractivity contribution is 0.401. The van der Waals surface area contributed by atoms with Gasteiger partial charge in [-0.1, -0.05) is 18.3 Å². The first-order valence-electron chi connectivity index (χ1n) is 5.19. The van der Waals surface area contributed by atoms with E-state index in [9.17, 15) is 0 Å². The van der Waals surface area contributed by atoms with Crippen molar-refractivity contribution in [2.24, 2.45) is 0 Å². The fraction of sp³-hybridized carbons (Fsp3) is 0.231. The normalized spacial score (nSPS) is 14.9. The molecule has 0 saturated carbocycles. The molecule has 17 heavy (non-hydrogen) atoms. The summed E-state index contributed by atoms with van der Waals surface area (Å²) in [6.45, 7) is 3.97. The Morgan fingerprint density at radius 1 is 1.24 bits per heavy atom. The molecule has 3 nitrogen and oxygen atoms in total. The van der Waals surface area contributed by atoms with Crippen LogP contribution in [0.4, 0.5) is 0 Å². The van der Waals surface area contributed by atoms with Crippen LogP contribution in [0.5, 0.6) is 11.5 Å². The largest absolute Gasteiger partial charge is 0.497 e. The molecule has 0 radical (unpaired) electrons. The van der Waals surface area contributed by atoms with Gasteiger partial charge < -0.3 is 14.4 Å². The average molecular weight is 249 g/mol. The highest BCUT2D eigenvalue weighted by atomic mass is 32.2. The SMILES string of the molecule is C=C1SC=C(c2cc(OC)ccc2OC)N1C. The second-order valence-electron chi connectivity index (χ2n) is 3.64. The van der Waals surface area contributed by atoms with Gasteiger partial charge >= 0.3 is 0 Å². The van der Waals surface area contributed by atoms with Crippen LogP contribution in [0, 0.1) is 0 Å². The predicted octanol–water partition coefficient (Wildman–Crippen LogP) is 3.15. The maximum absolute atomic E-state index is 5.38. The summed E-state index contributed by atoms with van der Waals surface area (Å²) in [6.07, 6.45) is 0. The maximum atomic E-state index is 5.38. The molecular weight excluding hydrogens is 234 g/mol. The molecule has 2 rings (SSSR count). The molecule has 1 aromatic rings. The van der Waals surface area contributed by atoms with Gasteiger partial charge in [0.25, 0.3) is 0 Å². The highest BCUT2D eigenvalue weighted by Gasteiger charge is 2.20. The first-order valence-corrected chi connectivity index (χ1v) is 6.07. The van der Waals surface area contributed by atoms with Crippen molar-refractivity contribution < 1.29 is 9.47 Å². The second-order valence-corrected chi connectivity index (χ2v) is 4.58. The summed E-state index contributed by atoms with van der Waals surface area (Å²) in [5.74, 6) is 1.65. The summed E-state index contributed by atoms with van der Waals surface area (Å²) < 4.78 is 10.6. The monoisotopic (exact) mass is 249 g/mol. The summed E-state index contributed by atoms with van der Waals surface area (Å²) in [5.41, 5.74) is 2.09. The van der Waals surface area contributed by atoms with E-state index < -0.39 is 0 Å². The van der Waals surface area contributed by atoms with Gasteiger partial charge in [-0.05, 0) is 18.2 Å². The molecule has 0 bridgehead atoms. The van der Waals surface area contributed by atoms with E-state index in [1.807, 2.05) is 30.1 Å². The zero-order chi connectivity index (χ0) is 12.4. The fourth-order valence-corrected chi connectivity index (χ4v) is 2.46. The minimum absolute atomic E-state index is 0.817. The highest BCUT2D eigenvalue weighted by Crippen LogP contribution is 2.41. The highest BCUT2D eigenvalue weighted by molar-refractivity contribution is 8.06. The summed E-state index contributed by atoms with van der Waals surface area (Å²) >= 11 is 1.61. The Morgan fingerprint density at radius 3 is 2.53 bits per heavy atom. The van der Waals surface area contributed by atoms with Crippen LogP contribution in [0.25, 0.3) is 5.70 Å². The van der Waals surface area contributed by atoms with Crippen LogP contribution in [-0.2, 0) is 0 Å². The van der Waals surface area contributed by atoms with E-state index in [1.54, 1.807) is 26.0 Å². The Kier molecular flexibility index (Phi) is 3.33. The minimum Gasteiger partial charge on any atom is -0.497 e. The van der Waals surface area contributed by atoms with Crippen LogP contribution >= 0.6 is 11.8 Å². The number of benzene rings is 1. The topological polar surface area (TPSA) is 21.7 Å². The van der Waals surface area contributed by atoms with Gasteiger partial charge in [0.05, 0.1) is 24.9 Å². The third kappa shape index (κ3) is 2.13. The number of nitrogens with zero attached hydrogens (tertiary/aromatic N) is 1. The van der Waals surface area contributed by atoms with Crippen molar-refractivity contribution in [1.82, 2.24) is 4.90 Å². The Hall–Kier alpha value is -1.55. The molecule has 1 aliphatic rings. The van der Waals surface area contributed by atoms with Crippen molar-refractivity contribution in [3.05, 3.63) is 40.8 Å². The van der Waals surface area contributed by atoms with Crippen LogP contribution < -0.4 is 9.47 Å². The Balaban J connectivity index is 2.46. The smallest absolute Gasteiger partial charge is 0.128 e. The number of hydrogen-bond donors (Lipinski definition) is 0. The summed E-state index contributed by atoms with van der Waals surface area (Å²) in [5, 5.41) is 3.07.